The minimum absolute atomic E-state index is 0.246. The average molecular weight is 266 g/mol. The molecule has 0 fully saturated rings. The summed E-state index contributed by atoms with van der Waals surface area (Å²) in [6.45, 7) is 1.84. The van der Waals surface area contributed by atoms with Crippen LogP contribution in [0.3, 0.4) is 0 Å². The van der Waals surface area contributed by atoms with Crippen LogP contribution in [0.5, 0.6) is 5.75 Å². The van der Waals surface area contributed by atoms with Gasteiger partial charge in [0.15, 0.2) is 0 Å². The Hall–Kier alpha value is -0.320. The number of hydrogen-bond acceptors (Lipinski definition) is 1. The highest BCUT2D eigenvalue weighted by Crippen LogP contribution is 2.15. The molecule has 3 heteroatoms. The van der Waals surface area contributed by atoms with Crippen molar-refractivity contribution in [2.45, 2.75) is 6.92 Å². The van der Waals surface area contributed by atoms with Gasteiger partial charge in [0.2, 0.25) is 0 Å². The number of ether oxygens (including phenoxy) is 1. The fraction of sp³-hybridized carbons (Fsp3) is 0.250. The number of rotatable bonds is 2. The maximum Gasteiger partial charge on any atom is 0.139 e. The number of hydrogen-bond donors (Lipinski definition) is 0. The molecular weight excluding hydrogens is 258 g/mol. The normalized spacial score (nSPS) is 9.73. The molecule has 0 aliphatic carbocycles. The van der Waals surface area contributed by atoms with E-state index < -0.39 is 0 Å². The van der Waals surface area contributed by atoms with Crippen molar-refractivity contribution in [3.8, 4) is 5.75 Å². The molecule has 0 spiro atoms. The standard InChI is InChI=1S/C8H8FIO/c1-6-2-7(9)4-8(3-6)11-5-10/h2-4H,5H2,1H3. The minimum Gasteiger partial charge on any atom is -0.483 e. The van der Waals surface area contributed by atoms with Crippen molar-refractivity contribution in [3.63, 3.8) is 0 Å². The van der Waals surface area contributed by atoms with Gasteiger partial charge in [-0.05, 0) is 47.2 Å². The number of aryl methyl sites for hydroxylation is 1. The summed E-state index contributed by atoms with van der Waals surface area (Å²) >= 11 is 2.07. The molecule has 0 amide bonds. The predicted octanol–water partition coefficient (Wildman–Crippen LogP) is 2.91. The van der Waals surface area contributed by atoms with Gasteiger partial charge >= 0.3 is 0 Å². The van der Waals surface area contributed by atoms with E-state index in [-0.39, 0.29) is 5.82 Å². The summed E-state index contributed by atoms with van der Waals surface area (Å²) < 4.78 is 18.3. The van der Waals surface area contributed by atoms with Gasteiger partial charge in [0.25, 0.3) is 0 Å². The van der Waals surface area contributed by atoms with Crippen LogP contribution in [-0.4, -0.2) is 4.61 Å². The largest absolute Gasteiger partial charge is 0.483 e. The van der Waals surface area contributed by atoms with E-state index in [1.807, 2.05) is 13.0 Å². The second kappa shape index (κ2) is 3.90. The number of benzene rings is 1. The molecule has 0 aromatic heterocycles. The maximum atomic E-state index is 12.7. The third-order valence-corrected chi connectivity index (χ3v) is 1.55. The lowest BCUT2D eigenvalue weighted by atomic mass is 10.2. The molecule has 60 valence electrons. The molecule has 0 heterocycles. The number of alkyl halides is 1. The van der Waals surface area contributed by atoms with Gasteiger partial charge in [-0.2, -0.15) is 0 Å². The third-order valence-electron chi connectivity index (χ3n) is 1.24. The molecule has 0 aliphatic heterocycles. The maximum absolute atomic E-state index is 12.7. The van der Waals surface area contributed by atoms with Gasteiger partial charge in [-0.1, -0.05) is 0 Å². The molecule has 1 rings (SSSR count). The molecule has 0 N–H and O–H groups in total. The Kier molecular flexibility index (Phi) is 3.11. The third kappa shape index (κ3) is 2.65. The fourth-order valence-electron chi connectivity index (χ4n) is 0.849. The fourth-order valence-corrected chi connectivity index (χ4v) is 1.21. The second-order valence-corrected chi connectivity index (χ2v) is 2.84. The molecule has 11 heavy (non-hydrogen) atoms. The highest BCUT2D eigenvalue weighted by molar-refractivity contribution is 14.1. The lowest BCUT2D eigenvalue weighted by Gasteiger charge is -2.02. The zero-order valence-corrected chi connectivity index (χ0v) is 8.26. The van der Waals surface area contributed by atoms with E-state index in [4.69, 9.17) is 4.74 Å². The average Bonchev–Trinajstić information content (AvgIpc) is 1.85. The summed E-state index contributed by atoms with van der Waals surface area (Å²) in [4.78, 5) is 0. The van der Waals surface area contributed by atoms with Crippen molar-refractivity contribution in [1.29, 1.82) is 0 Å². The van der Waals surface area contributed by atoms with Gasteiger partial charge in [-0.25, -0.2) is 4.39 Å². The van der Waals surface area contributed by atoms with E-state index in [1.165, 1.54) is 12.1 Å². The van der Waals surface area contributed by atoms with E-state index >= 15 is 0 Å². The molecule has 0 bridgehead atoms. The van der Waals surface area contributed by atoms with E-state index in [0.717, 1.165) is 5.56 Å². The van der Waals surface area contributed by atoms with E-state index in [0.29, 0.717) is 10.4 Å². The highest BCUT2D eigenvalue weighted by atomic mass is 127. The lowest BCUT2D eigenvalue weighted by Crippen LogP contribution is -1.89. The van der Waals surface area contributed by atoms with Crippen LogP contribution in [0.25, 0.3) is 0 Å². The molecule has 0 radical (unpaired) electrons. The highest BCUT2D eigenvalue weighted by Gasteiger charge is 1.96. The first kappa shape index (κ1) is 8.77. The quantitative estimate of drug-likeness (QED) is 0.590. The van der Waals surface area contributed by atoms with E-state index in [9.17, 15) is 4.39 Å². The van der Waals surface area contributed by atoms with Gasteiger partial charge in [-0.3, -0.25) is 0 Å². The van der Waals surface area contributed by atoms with Crippen molar-refractivity contribution in [1.82, 2.24) is 0 Å². The zero-order chi connectivity index (χ0) is 8.27. The molecule has 1 nitrogen and oxygen atoms in total. The Bertz CT molecular complexity index is 230. The van der Waals surface area contributed by atoms with Crippen LogP contribution in [0.1, 0.15) is 5.56 Å². The predicted molar refractivity (Wildman–Crippen MR) is 50.7 cm³/mol. The summed E-state index contributed by atoms with van der Waals surface area (Å²) in [6.07, 6.45) is 0. The second-order valence-electron chi connectivity index (χ2n) is 2.22. The molecule has 0 aliphatic rings. The lowest BCUT2D eigenvalue weighted by molar-refractivity contribution is 0.401. The molecule has 1 aromatic rings. The van der Waals surface area contributed by atoms with Crippen molar-refractivity contribution >= 4 is 22.6 Å². The Morgan fingerprint density at radius 3 is 2.73 bits per heavy atom. The van der Waals surface area contributed by atoms with Gasteiger partial charge < -0.3 is 4.74 Å². The molecule has 0 atom stereocenters. The van der Waals surface area contributed by atoms with Crippen molar-refractivity contribution < 1.29 is 9.13 Å². The summed E-state index contributed by atoms with van der Waals surface area (Å²) in [5.74, 6) is 0.349. The van der Waals surface area contributed by atoms with E-state index in [2.05, 4.69) is 22.6 Å². The van der Waals surface area contributed by atoms with Crippen LogP contribution >= 0.6 is 22.6 Å². The SMILES string of the molecule is Cc1cc(F)cc(OCI)c1. The van der Waals surface area contributed by atoms with Crippen LogP contribution in [-0.2, 0) is 0 Å². The minimum atomic E-state index is -0.246. The monoisotopic (exact) mass is 266 g/mol. The van der Waals surface area contributed by atoms with Crippen LogP contribution in [0.2, 0.25) is 0 Å². The molecular formula is C8H8FIO. The van der Waals surface area contributed by atoms with Crippen molar-refractivity contribution in [2.24, 2.45) is 0 Å². The molecule has 1 aromatic carbocycles. The molecule has 0 saturated carbocycles. The van der Waals surface area contributed by atoms with Gasteiger partial charge in [0, 0.05) is 6.07 Å². The Balaban J connectivity index is 2.89. The molecule has 0 saturated heterocycles. The van der Waals surface area contributed by atoms with Gasteiger partial charge in [0.05, 0.1) is 0 Å². The molecule has 0 unspecified atom stereocenters. The van der Waals surface area contributed by atoms with Gasteiger partial charge in [0.1, 0.15) is 16.2 Å². The van der Waals surface area contributed by atoms with E-state index in [1.54, 1.807) is 0 Å². The van der Waals surface area contributed by atoms with Crippen molar-refractivity contribution in [2.75, 3.05) is 4.61 Å². The van der Waals surface area contributed by atoms with Crippen LogP contribution in [0.15, 0.2) is 18.2 Å². The number of halogens is 2. The van der Waals surface area contributed by atoms with Gasteiger partial charge in [-0.15, -0.1) is 0 Å². The van der Waals surface area contributed by atoms with Crippen LogP contribution in [0, 0.1) is 12.7 Å². The zero-order valence-electron chi connectivity index (χ0n) is 6.10. The summed E-state index contributed by atoms with van der Waals surface area (Å²) in [7, 11) is 0. The van der Waals surface area contributed by atoms with Crippen LogP contribution < -0.4 is 4.74 Å². The summed E-state index contributed by atoms with van der Waals surface area (Å²) in [5.41, 5.74) is 0.879. The Labute approximate surface area is 78.7 Å². The van der Waals surface area contributed by atoms with Crippen molar-refractivity contribution in [3.05, 3.63) is 29.6 Å². The first-order valence-corrected chi connectivity index (χ1v) is 4.71. The summed E-state index contributed by atoms with van der Waals surface area (Å²) in [6, 6.07) is 4.66. The first-order valence-electron chi connectivity index (χ1n) is 3.18. The Morgan fingerprint density at radius 1 is 1.45 bits per heavy atom. The summed E-state index contributed by atoms with van der Waals surface area (Å²) in [5, 5.41) is 0. The smallest absolute Gasteiger partial charge is 0.139 e. The van der Waals surface area contributed by atoms with Crippen LogP contribution in [0.4, 0.5) is 4.39 Å². The Morgan fingerprint density at radius 2 is 2.18 bits per heavy atom. The topological polar surface area (TPSA) is 9.23 Å². The first-order chi connectivity index (χ1) is 5.22.